The first kappa shape index (κ1) is 13.7. The van der Waals surface area contributed by atoms with Crippen molar-refractivity contribution in [1.82, 2.24) is 5.32 Å². The lowest BCUT2D eigenvalue weighted by molar-refractivity contribution is -0.123. The Balaban J connectivity index is 4.35. The fourth-order valence-corrected chi connectivity index (χ4v) is 1.27. The molecule has 2 atom stereocenters. The summed E-state index contributed by atoms with van der Waals surface area (Å²) in [7, 11) is 0. The SMILES string of the molecule is CCC(NC(=O)C(C)C(N)=NO)C(C)C. The summed E-state index contributed by atoms with van der Waals surface area (Å²) in [5.74, 6) is -0.488. The molecule has 0 rings (SSSR count). The number of nitrogens with one attached hydrogen (secondary N) is 1. The van der Waals surface area contributed by atoms with Crippen LogP contribution in [-0.4, -0.2) is 23.0 Å². The summed E-state index contributed by atoms with van der Waals surface area (Å²) in [6.45, 7) is 7.71. The minimum atomic E-state index is -0.595. The average molecular weight is 215 g/mol. The maximum atomic E-state index is 11.6. The maximum absolute atomic E-state index is 11.6. The Morgan fingerprint density at radius 2 is 2.00 bits per heavy atom. The predicted octanol–water partition coefficient (Wildman–Crippen LogP) is 0.920. The summed E-state index contributed by atoms with van der Waals surface area (Å²) in [6.07, 6.45) is 0.867. The molecule has 0 bridgehead atoms. The van der Waals surface area contributed by atoms with E-state index in [4.69, 9.17) is 10.9 Å². The average Bonchev–Trinajstić information content (AvgIpc) is 2.22. The number of rotatable bonds is 5. The van der Waals surface area contributed by atoms with Gasteiger partial charge in [-0.1, -0.05) is 25.9 Å². The van der Waals surface area contributed by atoms with E-state index >= 15 is 0 Å². The first-order chi connectivity index (χ1) is 6.93. The van der Waals surface area contributed by atoms with Crippen LogP contribution in [0.25, 0.3) is 0 Å². The van der Waals surface area contributed by atoms with Gasteiger partial charge in [0.2, 0.25) is 5.91 Å². The first-order valence-electron chi connectivity index (χ1n) is 5.21. The number of hydrogen-bond acceptors (Lipinski definition) is 3. The van der Waals surface area contributed by atoms with Gasteiger partial charge in [-0.3, -0.25) is 4.79 Å². The second kappa shape index (κ2) is 6.27. The van der Waals surface area contributed by atoms with Crippen molar-refractivity contribution in [3.63, 3.8) is 0 Å². The molecule has 0 heterocycles. The molecule has 0 aromatic rings. The fourth-order valence-electron chi connectivity index (χ4n) is 1.27. The van der Waals surface area contributed by atoms with Crippen LogP contribution in [0.5, 0.6) is 0 Å². The highest BCUT2D eigenvalue weighted by molar-refractivity contribution is 6.01. The van der Waals surface area contributed by atoms with E-state index < -0.39 is 5.92 Å². The highest BCUT2D eigenvalue weighted by Gasteiger charge is 2.21. The number of amides is 1. The molecule has 15 heavy (non-hydrogen) atoms. The van der Waals surface area contributed by atoms with Crippen molar-refractivity contribution in [2.24, 2.45) is 22.7 Å². The van der Waals surface area contributed by atoms with Gasteiger partial charge in [0.25, 0.3) is 0 Å². The second-order valence-corrected chi connectivity index (χ2v) is 4.01. The molecular formula is C10H21N3O2. The third-order valence-corrected chi connectivity index (χ3v) is 2.52. The topological polar surface area (TPSA) is 87.7 Å². The van der Waals surface area contributed by atoms with E-state index in [1.807, 2.05) is 20.8 Å². The van der Waals surface area contributed by atoms with Gasteiger partial charge >= 0.3 is 0 Å². The predicted molar refractivity (Wildman–Crippen MR) is 59.6 cm³/mol. The van der Waals surface area contributed by atoms with Crippen LogP contribution < -0.4 is 11.1 Å². The lowest BCUT2D eigenvalue weighted by Gasteiger charge is -2.22. The Hall–Kier alpha value is -1.26. The van der Waals surface area contributed by atoms with E-state index in [0.717, 1.165) is 6.42 Å². The van der Waals surface area contributed by atoms with E-state index in [2.05, 4.69) is 10.5 Å². The van der Waals surface area contributed by atoms with Gasteiger partial charge in [0.1, 0.15) is 0 Å². The monoisotopic (exact) mass is 215 g/mol. The molecular weight excluding hydrogens is 194 g/mol. The molecule has 0 aliphatic carbocycles. The van der Waals surface area contributed by atoms with E-state index in [-0.39, 0.29) is 17.8 Å². The van der Waals surface area contributed by atoms with E-state index in [0.29, 0.717) is 5.92 Å². The zero-order valence-electron chi connectivity index (χ0n) is 9.82. The Morgan fingerprint density at radius 3 is 2.33 bits per heavy atom. The maximum Gasteiger partial charge on any atom is 0.230 e. The highest BCUT2D eigenvalue weighted by Crippen LogP contribution is 2.07. The van der Waals surface area contributed by atoms with Gasteiger partial charge in [0.05, 0.1) is 5.92 Å². The molecule has 0 saturated carbocycles. The molecule has 0 fully saturated rings. The smallest absolute Gasteiger partial charge is 0.230 e. The van der Waals surface area contributed by atoms with Crippen LogP contribution in [0.2, 0.25) is 0 Å². The zero-order chi connectivity index (χ0) is 12.0. The molecule has 1 amide bonds. The standard InChI is InChI=1S/C10H21N3O2/c1-5-8(6(2)3)12-10(14)7(4)9(11)13-15/h6-8,15H,5H2,1-4H3,(H2,11,13)(H,12,14). The molecule has 0 radical (unpaired) electrons. The second-order valence-electron chi connectivity index (χ2n) is 4.01. The fraction of sp³-hybridized carbons (Fsp3) is 0.800. The summed E-state index contributed by atoms with van der Waals surface area (Å²) in [4.78, 5) is 11.6. The minimum absolute atomic E-state index is 0.0638. The summed E-state index contributed by atoms with van der Waals surface area (Å²) < 4.78 is 0. The summed E-state index contributed by atoms with van der Waals surface area (Å²) in [5, 5.41) is 14.1. The van der Waals surface area contributed by atoms with Crippen molar-refractivity contribution in [3.8, 4) is 0 Å². The van der Waals surface area contributed by atoms with Crippen molar-refractivity contribution in [2.75, 3.05) is 0 Å². The van der Waals surface area contributed by atoms with Crippen LogP contribution in [0, 0.1) is 11.8 Å². The molecule has 0 aromatic heterocycles. The number of nitrogens with two attached hydrogens (primary N) is 1. The number of carbonyl (C=O) groups is 1. The lowest BCUT2D eigenvalue weighted by Crippen LogP contribution is -2.44. The molecule has 2 unspecified atom stereocenters. The summed E-state index contributed by atoms with van der Waals surface area (Å²) >= 11 is 0. The van der Waals surface area contributed by atoms with Crippen molar-refractivity contribution in [3.05, 3.63) is 0 Å². The van der Waals surface area contributed by atoms with Crippen molar-refractivity contribution < 1.29 is 10.0 Å². The molecule has 4 N–H and O–H groups in total. The Labute approximate surface area is 90.7 Å². The van der Waals surface area contributed by atoms with Crippen LogP contribution in [-0.2, 0) is 4.79 Å². The molecule has 5 nitrogen and oxygen atoms in total. The van der Waals surface area contributed by atoms with Crippen molar-refractivity contribution >= 4 is 11.7 Å². The molecule has 0 aliphatic heterocycles. The molecule has 0 spiro atoms. The molecule has 88 valence electrons. The van der Waals surface area contributed by atoms with Gasteiger partial charge in [-0.05, 0) is 19.3 Å². The number of oxime groups is 1. The molecule has 0 aliphatic rings. The van der Waals surface area contributed by atoms with Gasteiger partial charge in [0.15, 0.2) is 5.84 Å². The largest absolute Gasteiger partial charge is 0.409 e. The summed E-state index contributed by atoms with van der Waals surface area (Å²) in [5.41, 5.74) is 5.35. The number of carbonyl (C=O) groups excluding carboxylic acids is 1. The first-order valence-corrected chi connectivity index (χ1v) is 5.21. The molecule has 5 heteroatoms. The van der Waals surface area contributed by atoms with E-state index in [9.17, 15) is 4.79 Å². The van der Waals surface area contributed by atoms with Gasteiger partial charge in [-0.2, -0.15) is 0 Å². The zero-order valence-corrected chi connectivity index (χ0v) is 9.82. The van der Waals surface area contributed by atoms with Crippen LogP contribution in [0.15, 0.2) is 5.16 Å². The van der Waals surface area contributed by atoms with Crippen LogP contribution in [0.1, 0.15) is 34.1 Å². The molecule has 0 aromatic carbocycles. The Morgan fingerprint density at radius 1 is 1.47 bits per heavy atom. The van der Waals surface area contributed by atoms with Crippen LogP contribution in [0.3, 0.4) is 0 Å². The summed E-state index contributed by atoms with van der Waals surface area (Å²) in [6, 6.07) is 0.131. The van der Waals surface area contributed by atoms with Crippen molar-refractivity contribution in [1.29, 1.82) is 0 Å². The third kappa shape index (κ3) is 4.18. The van der Waals surface area contributed by atoms with Gasteiger partial charge in [-0.15, -0.1) is 0 Å². The van der Waals surface area contributed by atoms with Gasteiger partial charge in [-0.25, -0.2) is 0 Å². The molecule has 0 saturated heterocycles. The third-order valence-electron chi connectivity index (χ3n) is 2.52. The van der Waals surface area contributed by atoms with Crippen LogP contribution >= 0.6 is 0 Å². The number of nitrogens with zero attached hydrogens (tertiary/aromatic N) is 1. The number of hydrogen-bond donors (Lipinski definition) is 3. The highest BCUT2D eigenvalue weighted by atomic mass is 16.4. The van der Waals surface area contributed by atoms with Crippen LogP contribution in [0.4, 0.5) is 0 Å². The number of amidine groups is 1. The Bertz CT molecular complexity index is 239. The van der Waals surface area contributed by atoms with Crippen molar-refractivity contribution in [2.45, 2.75) is 40.2 Å². The minimum Gasteiger partial charge on any atom is -0.409 e. The Kier molecular flexibility index (Phi) is 5.74. The quantitative estimate of drug-likeness (QED) is 0.276. The normalized spacial score (nSPS) is 16.2. The lowest BCUT2D eigenvalue weighted by atomic mass is 10.0. The van der Waals surface area contributed by atoms with Gasteiger partial charge in [0, 0.05) is 6.04 Å². The van der Waals surface area contributed by atoms with Gasteiger partial charge < -0.3 is 16.3 Å². The van der Waals surface area contributed by atoms with E-state index in [1.165, 1.54) is 0 Å². The van der Waals surface area contributed by atoms with E-state index in [1.54, 1.807) is 6.92 Å².